The smallest absolute Gasteiger partial charge is 0.178 e. The van der Waals surface area contributed by atoms with E-state index in [1.54, 1.807) is 12.2 Å². The Hall–Kier alpha value is -1.18. The summed E-state index contributed by atoms with van der Waals surface area (Å²) in [7, 11) is -7.60. The van der Waals surface area contributed by atoms with Crippen LogP contribution in [0.5, 0.6) is 0 Å². The highest BCUT2D eigenvalue weighted by atomic mass is 32.2. The third kappa shape index (κ3) is 4.38. The zero-order valence-electron chi connectivity index (χ0n) is 18.7. The Morgan fingerprint density at radius 2 is 1.32 bits per heavy atom. The maximum absolute atomic E-state index is 13.7. The number of hydrogen-bond acceptors (Lipinski definition) is 5. The van der Waals surface area contributed by atoms with E-state index in [0.717, 1.165) is 44.1 Å². The molecule has 0 bridgehead atoms. The number of sulfone groups is 2. The van der Waals surface area contributed by atoms with Gasteiger partial charge in [0.15, 0.2) is 19.7 Å². The van der Waals surface area contributed by atoms with Gasteiger partial charge in [-0.3, -0.25) is 0 Å². The van der Waals surface area contributed by atoms with Gasteiger partial charge in [-0.05, 0) is 32.1 Å². The Balaban J connectivity index is 2.12. The van der Waals surface area contributed by atoms with Crippen LogP contribution in [0.3, 0.4) is 0 Å². The highest BCUT2D eigenvalue weighted by Gasteiger charge is 2.52. The predicted octanol–water partition coefficient (Wildman–Crippen LogP) is 4.73. The van der Waals surface area contributed by atoms with Crippen LogP contribution in [0.25, 0.3) is 0 Å². The average Bonchev–Trinajstić information content (AvgIpc) is 2.79. The monoisotopic (exact) mass is 467 g/mol. The van der Waals surface area contributed by atoms with Crippen LogP contribution in [0.1, 0.15) is 77.6 Å². The quantitative estimate of drug-likeness (QED) is 0.584. The van der Waals surface area contributed by atoms with Gasteiger partial charge in [-0.2, -0.15) is 0 Å². The molecule has 7 heteroatoms. The molecule has 31 heavy (non-hydrogen) atoms. The molecule has 2 fully saturated rings. The van der Waals surface area contributed by atoms with Gasteiger partial charge in [0.25, 0.3) is 0 Å². The third-order valence-electron chi connectivity index (χ3n) is 7.46. The summed E-state index contributed by atoms with van der Waals surface area (Å²) in [6, 6.07) is -0.848. The number of nitrogens with two attached hydrogens (primary N) is 1. The van der Waals surface area contributed by atoms with Gasteiger partial charge in [-0.25, -0.2) is 16.8 Å². The first-order valence-electron chi connectivity index (χ1n) is 11.6. The van der Waals surface area contributed by atoms with Crippen LogP contribution in [0.4, 0.5) is 0 Å². The van der Waals surface area contributed by atoms with Crippen LogP contribution >= 0.6 is 0 Å². The molecule has 0 radical (unpaired) electrons. The van der Waals surface area contributed by atoms with Gasteiger partial charge >= 0.3 is 0 Å². The molecular formula is C24H37NO4S2. The molecule has 0 saturated heterocycles. The van der Waals surface area contributed by atoms with Crippen LogP contribution in [-0.2, 0) is 19.7 Å². The Morgan fingerprint density at radius 1 is 0.903 bits per heavy atom. The highest BCUT2D eigenvalue weighted by Crippen LogP contribution is 2.50. The van der Waals surface area contributed by atoms with Gasteiger partial charge < -0.3 is 5.73 Å². The molecule has 0 amide bonds. The van der Waals surface area contributed by atoms with E-state index in [1.807, 2.05) is 13.0 Å². The van der Waals surface area contributed by atoms with Crippen molar-refractivity contribution in [3.63, 3.8) is 0 Å². The fraction of sp³-hybridized carbons (Fsp3) is 0.667. The zero-order valence-corrected chi connectivity index (χ0v) is 20.3. The minimum atomic E-state index is -3.80. The molecule has 5 nitrogen and oxygen atoms in total. The number of allylic oxidation sites excluding steroid dienone is 2. The van der Waals surface area contributed by atoms with Crippen molar-refractivity contribution in [1.29, 1.82) is 0 Å². The van der Waals surface area contributed by atoms with Gasteiger partial charge in [0.2, 0.25) is 0 Å². The Bertz CT molecular complexity index is 917. The molecule has 3 rings (SSSR count). The van der Waals surface area contributed by atoms with Crippen molar-refractivity contribution in [3.8, 4) is 0 Å². The van der Waals surface area contributed by atoms with E-state index in [0.29, 0.717) is 32.1 Å². The number of hydrogen-bond donors (Lipinski definition) is 1. The van der Waals surface area contributed by atoms with E-state index in [1.165, 1.54) is 0 Å². The summed E-state index contributed by atoms with van der Waals surface area (Å²) in [5, 5.41) is -1.07. The predicted molar refractivity (Wildman–Crippen MR) is 128 cm³/mol. The Labute approximate surface area is 188 Å². The molecule has 0 aromatic rings. The lowest BCUT2D eigenvalue weighted by atomic mass is 9.75. The molecule has 1 unspecified atom stereocenters. The van der Waals surface area contributed by atoms with Gasteiger partial charge in [0, 0.05) is 6.04 Å². The summed E-state index contributed by atoms with van der Waals surface area (Å²) in [5.41, 5.74) is 5.82. The second-order valence-corrected chi connectivity index (χ2v) is 13.8. The number of rotatable bonds is 7. The Morgan fingerprint density at radius 3 is 1.71 bits per heavy atom. The van der Waals surface area contributed by atoms with Crippen molar-refractivity contribution in [2.24, 2.45) is 11.1 Å². The zero-order chi connectivity index (χ0) is 22.9. The van der Waals surface area contributed by atoms with Crippen molar-refractivity contribution in [2.45, 2.75) is 94.1 Å². The minimum absolute atomic E-state index is 0.0981. The molecule has 1 atom stereocenters. The van der Waals surface area contributed by atoms with Crippen LogP contribution in [0, 0.1) is 5.41 Å². The van der Waals surface area contributed by atoms with E-state index in [4.69, 9.17) is 5.73 Å². The summed E-state index contributed by atoms with van der Waals surface area (Å²) in [6.07, 6.45) is 13.7. The van der Waals surface area contributed by atoms with Crippen molar-refractivity contribution in [2.75, 3.05) is 0 Å². The fourth-order valence-corrected chi connectivity index (χ4v) is 9.70. The normalized spacial score (nSPS) is 25.7. The molecule has 2 N–H and O–H groups in total. The van der Waals surface area contributed by atoms with Crippen LogP contribution < -0.4 is 5.73 Å². The minimum Gasteiger partial charge on any atom is -0.323 e. The second kappa shape index (κ2) is 9.36. The summed E-state index contributed by atoms with van der Waals surface area (Å²) in [5.74, 6) is 0. The summed E-state index contributed by atoms with van der Waals surface area (Å²) < 4.78 is 54.8. The van der Waals surface area contributed by atoms with Crippen molar-refractivity contribution < 1.29 is 16.8 Å². The molecule has 3 aliphatic rings. The molecular weight excluding hydrogens is 430 g/mol. The largest absolute Gasteiger partial charge is 0.323 e. The maximum atomic E-state index is 13.7. The van der Waals surface area contributed by atoms with Gasteiger partial charge in [-0.1, -0.05) is 82.4 Å². The van der Waals surface area contributed by atoms with Gasteiger partial charge in [0.05, 0.1) is 25.7 Å². The van der Waals surface area contributed by atoms with Crippen LogP contribution in [-0.4, -0.2) is 33.4 Å². The molecule has 3 aliphatic carbocycles. The molecule has 0 aliphatic heterocycles. The molecule has 2 saturated carbocycles. The first kappa shape index (κ1) is 24.5. The third-order valence-corrected chi connectivity index (χ3v) is 12.2. The SMILES string of the molecule is C=C(C1(C(=C)S(=O)(=O)C2CCCCC2)C=C(CC)C=CC1N)S(=O)(=O)C1CCCCC1. The standard InChI is InChI=1S/C24H37NO4S2/c1-4-20-15-16-23(25)24(17-20,18(2)30(26,27)21-11-7-5-8-12-21)19(3)31(28,29)22-13-9-6-10-14-22/h15-17,21-23H,2-14,25H2,1H3. The van der Waals surface area contributed by atoms with Gasteiger partial charge in [-0.15, -0.1) is 0 Å². The first-order chi connectivity index (χ1) is 14.6. The van der Waals surface area contributed by atoms with Crippen molar-refractivity contribution >= 4 is 19.7 Å². The van der Waals surface area contributed by atoms with E-state index < -0.39 is 41.6 Å². The van der Waals surface area contributed by atoms with Crippen molar-refractivity contribution in [1.82, 2.24) is 0 Å². The van der Waals surface area contributed by atoms with Gasteiger partial charge in [0.1, 0.15) is 0 Å². The molecule has 0 aromatic heterocycles. The average molecular weight is 468 g/mol. The first-order valence-corrected chi connectivity index (χ1v) is 14.7. The second-order valence-electron chi connectivity index (χ2n) is 9.28. The van der Waals surface area contributed by atoms with E-state index >= 15 is 0 Å². The summed E-state index contributed by atoms with van der Waals surface area (Å²) in [4.78, 5) is -0.196. The highest BCUT2D eigenvalue weighted by molar-refractivity contribution is 7.97. The molecule has 0 heterocycles. The van der Waals surface area contributed by atoms with Crippen molar-refractivity contribution in [3.05, 3.63) is 46.8 Å². The lowest BCUT2D eigenvalue weighted by Gasteiger charge is -2.42. The van der Waals surface area contributed by atoms with E-state index in [2.05, 4.69) is 13.2 Å². The molecule has 0 spiro atoms. The van der Waals surface area contributed by atoms with E-state index in [-0.39, 0.29) is 9.81 Å². The van der Waals surface area contributed by atoms with E-state index in [9.17, 15) is 16.8 Å². The lowest BCUT2D eigenvalue weighted by molar-refractivity contribution is 0.459. The van der Waals surface area contributed by atoms with Crippen LogP contribution in [0.2, 0.25) is 0 Å². The Kier molecular flexibility index (Phi) is 7.38. The maximum Gasteiger partial charge on any atom is 0.178 e. The lowest BCUT2D eigenvalue weighted by Crippen LogP contribution is -2.49. The fourth-order valence-electron chi connectivity index (χ4n) is 5.35. The summed E-state index contributed by atoms with van der Waals surface area (Å²) >= 11 is 0. The topological polar surface area (TPSA) is 94.3 Å². The van der Waals surface area contributed by atoms with Crippen LogP contribution in [0.15, 0.2) is 46.8 Å². The molecule has 174 valence electrons. The molecule has 0 aromatic carbocycles. The summed E-state index contributed by atoms with van der Waals surface area (Å²) in [6.45, 7) is 10.0.